The predicted molar refractivity (Wildman–Crippen MR) is 238 cm³/mol. The molecule has 0 unspecified atom stereocenters. The number of benzene rings is 7. The lowest BCUT2D eigenvalue weighted by atomic mass is 9.96. The van der Waals surface area contributed by atoms with E-state index in [1.807, 2.05) is 36.4 Å². The molecule has 0 bridgehead atoms. The van der Waals surface area contributed by atoms with Crippen molar-refractivity contribution in [1.29, 1.82) is 0 Å². The van der Waals surface area contributed by atoms with Crippen LogP contribution in [0, 0.1) is 0 Å². The molecule has 57 heavy (non-hydrogen) atoms. The van der Waals surface area contributed by atoms with Crippen LogP contribution in [0.5, 0.6) is 0 Å². The van der Waals surface area contributed by atoms with Gasteiger partial charge < -0.3 is 0 Å². The fourth-order valence-corrected chi connectivity index (χ4v) is 11.4. The fourth-order valence-electron chi connectivity index (χ4n) is 8.19. The standard InChI is InChI=1S/C52H38N4Si/c1-57(2)47-30-13-12-29-44(47)49-50(57)48(37-21-10-5-11-22-37)55-52(56-49)43-28-16-26-41(33-43)39-24-14-23-38(31-39)40-25-15-27-42(32-40)51-53-45(35-17-6-3-7-18-35)34-46(54-51)36-19-8-4-9-20-36/h3-34H,1-2H3. The van der Waals surface area contributed by atoms with Crippen LogP contribution in [-0.4, -0.2) is 28.0 Å². The molecule has 270 valence electrons. The Balaban J connectivity index is 1.03. The smallest absolute Gasteiger partial charge is 0.160 e. The molecule has 10 rings (SSSR count). The van der Waals surface area contributed by atoms with Crippen molar-refractivity contribution in [2.45, 2.75) is 13.1 Å². The van der Waals surface area contributed by atoms with Crippen molar-refractivity contribution in [2.24, 2.45) is 0 Å². The van der Waals surface area contributed by atoms with Gasteiger partial charge in [0.15, 0.2) is 11.6 Å². The van der Waals surface area contributed by atoms with E-state index in [1.54, 1.807) is 0 Å². The van der Waals surface area contributed by atoms with Gasteiger partial charge in [0.25, 0.3) is 0 Å². The van der Waals surface area contributed by atoms with E-state index in [0.29, 0.717) is 5.82 Å². The van der Waals surface area contributed by atoms with Gasteiger partial charge in [0.2, 0.25) is 0 Å². The van der Waals surface area contributed by atoms with Crippen LogP contribution < -0.4 is 10.4 Å². The van der Waals surface area contributed by atoms with Gasteiger partial charge in [-0.2, -0.15) is 0 Å². The third-order valence-electron chi connectivity index (χ3n) is 11.1. The summed E-state index contributed by atoms with van der Waals surface area (Å²) in [6.45, 7) is 4.85. The van der Waals surface area contributed by atoms with Crippen LogP contribution in [0.1, 0.15) is 0 Å². The average molecular weight is 747 g/mol. The van der Waals surface area contributed by atoms with Crippen LogP contribution in [0.2, 0.25) is 13.1 Å². The molecular weight excluding hydrogens is 709 g/mol. The molecule has 1 aliphatic rings. The van der Waals surface area contributed by atoms with Crippen molar-refractivity contribution in [3.63, 3.8) is 0 Å². The van der Waals surface area contributed by atoms with E-state index in [-0.39, 0.29) is 0 Å². The first kappa shape index (κ1) is 34.4. The lowest BCUT2D eigenvalue weighted by molar-refractivity contribution is 1.18. The van der Waals surface area contributed by atoms with Crippen LogP contribution in [0.4, 0.5) is 0 Å². The van der Waals surface area contributed by atoms with Gasteiger partial charge in [-0.1, -0.05) is 183 Å². The molecular formula is C52H38N4Si. The van der Waals surface area contributed by atoms with Crippen molar-refractivity contribution >= 4 is 18.4 Å². The maximum Gasteiger partial charge on any atom is 0.160 e. The molecule has 0 atom stereocenters. The molecule has 5 heteroatoms. The second-order valence-electron chi connectivity index (χ2n) is 15.1. The normalized spacial score (nSPS) is 12.5. The summed E-state index contributed by atoms with van der Waals surface area (Å²) < 4.78 is 0. The van der Waals surface area contributed by atoms with E-state index in [4.69, 9.17) is 19.9 Å². The summed E-state index contributed by atoms with van der Waals surface area (Å²) in [6.07, 6.45) is 0. The van der Waals surface area contributed by atoms with Gasteiger partial charge in [-0.15, -0.1) is 0 Å². The number of nitrogens with zero attached hydrogens (tertiary/aromatic N) is 4. The molecule has 2 aromatic heterocycles. The van der Waals surface area contributed by atoms with Crippen molar-refractivity contribution in [1.82, 2.24) is 19.9 Å². The Morgan fingerprint density at radius 2 is 0.702 bits per heavy atom. The molecule has 0 N–H and O–H groups in total. The topological polar surface area (TPSA) is 51.6 Å². The zero-order chi connectivity index (χ0) is 38.3. The zero-order valence-corrected chi connectivity index (χ0v) is 32.8. The van der Waals surface area contributed by atoms with Crippen molar-refractivity contribution < 1.29 is 0 Å². The maximum absolute atomic E-state index is 5.36. The first-order chi connectivity index (χ1) is 28.0. The Kier molecular flexibility index (Phi) is 8.58. The molecule has 0 radical (unpaired) electrons. The summed E-state index contributed by atoms with van der Waals surface area (Å²) in [4.78, 5) is 20.9. The second-order valence-corrected chi connectivity index (χ2v) is 19.4. The Labute approximate surface area is 334 Å². The molecule has 0 saturated carbocycles. The Hall–Kier alpha value is -7.08. The van der Waals surface area contributed by atoms with Crippen LogP contribution in [-0.2, 0) is 0 Å². The first-order valence-corrected chi connectivity index (χ1v) is 22.4. The Morgan fingerprint density at radius 1 is 0.316 bits per heavy atom. The van der Waals surface area contributed by atoms with Crippen LogP contribution in [0.3, 0.4) is 0 Å². The largest absolute Gasteiger partial charge is 0.228 e. The minimum atomic E-state index is -2.03. The fraction of sp³-hybridized carbons (Fsp3) is 0.0385. The minimum absolute atomic E-state index is 0.693. The van der Waals surface area contributed by atoms with Gasteiger partial charge in [0.05, 0.1) is 22.8 Å². The molecule has 4 nitrogen and oxygen atoms in total. The SMILES string of the molecule is C[Si]1(C)c2ccccc2-c2nc(-c3cccc(-c4cccc(-c5cccc(-c6nc(-c7ccccc7)cc(-c7ccccc7)n6)c5)c4)c3)nc(-c3ccccc3)c21. The lowest BCUT2D eigenvalue weighted by Crippen LogP contribution is -2.50. The number of aromatic nitrogens is 4. The van der Waals surface area contributed by atoms with Gasteiger partial charge in [-0.05, 0) is 62.5 Å². The van der Waals surface area contributed by atoms with Crippen molar-refractivity contribution in [3.8, 4) is 90.1 Å². The van der Waals surface area contributed by atoms with Gasteiger partial charge in [-0.25, -0.2) is 19.9 Å². The molecule has 1 aliphatic heterocycles. The second kappa shape index (κ2) is 14.2. The molecule has 0 spiro atoms. The summed E-state index contributed by atoms with van der Waals surface area (Å²) in [6, 6.07) is 68.0. The monoisotopic (exact) mass is 746 g/mol. The predicted octanol–water partition coefficient (Wildman–Crippen LogP) is 11.7. The molecule has 0 fully saturated rings. The van der Waals surface area contributed by atoms with Crippen LogP contribution >= 0.6 is 0 Å². The first-order valence-electron chi connectivity index (χ1n) is 19.4. The summed E-state index contributed by atoms with van der Waals surface area (Å²) in [5.74, 6) is 1.44. The lowest BCUT2D eigenvalue weighted by Gasteiger charge is -2.21. The average Bonchev–Trinajstić information content (AvgIpc) is 3.52. The van der Waals surface area contributed by atoms with E-state index >= 15 is 0 Å². The molecule has 0 saturated heterocycles. The molecule has 9 aromatic rings. The van der Waals surface area contributed by atoms with E-state index in [2.05, 4.69) is 171 Å². The van der Waals surface area contributed by atoms with E-state index in [1.165, 1.54) is 15.9 Å². The summed E-state index contributed by atoms with van der Waals surface area (Å²) in [5.41, 5.74) is 14.8. The highest BCUT2D eigenvalue weighted by Gasteiger charge is 2.41. The highest BCUT2D eigenvalue weighted by atomic mass is 28.3. The summed E-state index contributed by atoms with van der Waals surface area (Å²) >= 11 is 0. The van der Waals surface area contributed by atoms with Gasteiger partial charge in [0, 0.05) is 27.8 Å². The summed E-state index contributed by atoms with van der Waals surface area (Å²) in [7, 11) is -2.03. The minimum Gasteiger partial charge on any atom is -0.228 e. The van der Waals surface area contributed by atoms with Crippen LogP contribution in [0.25, 0.3) is 90.1 Å². The van der Waals surface area contributed by atoms with Gasteiger partial charge in [-0.3, -0.25) is 0 Å². The maximum atomic E-state index is 5.36. The van der Waals surface area contributed by atoms with E-state index < -0.39 is 8.07 Å². The Bertz CT molecular complexity index is 2870. The quantitative estimate of drug-likeness (QED) is 0.152. The van der Waals surface area contributed by atoms with E-state index in [0.717, 1.165) is 78.7 Å². The number of rotatable bonds is 7. The van der Waals surface area contributed by atoms with E-state index in [9.17, 15) is 0 Å². The van der Waals surface area contributed by atoms with Crippen molar-refractivity contribution in [2.75, 3.05) is 0 Å². The van der Waals surface area contributed by atoms with Crippen molar-refractivity contribution in [3.05, 3.63) is 194 Å². The zero-order valence-electron chi connectivity index (χ0n) is 31.8. The summed E-state index contributed by atoms with van der Waals surface area (Å²) in [5, 5.41) is 2.74. The highest BCUT2D eigenvalue weighted by Crippen LogP contribution is 2.36. The molecule has 7 aromatic carbocycles. The Morgan fingerprint density at radius 3 is 1.23 bits per heavy atom. The molecule has 3 heterocycles. The third-order valence-corrected chi connectivity index (χ3v) is 14.6. The van der Waals surface area contributed by atoms with Gasteiger partial charge >= 0.3 is 0 Å². The molecule has 0 aliphatic carbocycles. The number of fused-ring (bicyclic) bond motifs is 3. The van der Waals surface area contributed by atoms with Crippen LogP contribution in [0.15, 0.2) is 194 Å². The highest BCUT2D eigenvalue weighted by molar-refractivity contribution is 7.04. The third kappa shape index (κ3) is 6.38. The van der Waals surface area contributed by atoms with Gasteiger partial charge in [0.1, 0.15) is 8.07 Å². The molecule has 0 amide bonds. The number of hydrogen-bond donors (Lipinski definition) is 0. The number of hydrogen-bond acceptors (Lipinski definition) is 4.